The number of anilines is 1. The van der Waals surface area contributed by atoms with Gasteiger partial charge in [0, 0.05) is 24.5 Å². The normalized spacial score (nSPS) is 14.2. The highest BCUT2D eigenvalue weighted by atomic mass is 16.5. The van der Waals surface area contributed by atoms with Gasteiger partial charge in [-0.2, -0.15) is 0 Å². The molecule has 0 amide bonds. The Morgan fingerprint density at radius 1 is 1.16 bits per heavy atom. The maximum Gasteiger partial charge on any atom is 0.152 e. The van der Waals surface area contributed by atoms with E-state index in [0.717, 1.165) is 35.3 Å². The van der Waals surface area contributed by atoms with Crippen LogP contribution in [0, 0.1) is 5.92 Å². The van der Waals surface area contributed by atoms with Crippen LogP contribution >= 0.6 is 0 Å². The molecular weight excluding hydrogens is 238 g/mol. The van der Waals surface area contributed by atoms with Crippen LogP contribution in [0.2, 0.25) is 0 Å². The summed E-state index contributed by atoms with van der Waals surface area (Å²) in [7, 11) is 1.67. The number of nitrogens with one attached hydrogen (secondary N) is 1. The molecule has 0 spiro atoms. The van der Waals surface area contributed by atoms with Gasteiger partial charge in [0.25, 0.3) is 0 Å². The van der Waals surface area contributed by atoms with Gasteiger partial charge in [-0.15, -0.1) is 0 Å². The Bertz CT molecular complexity index is 550. The molecule has 1 aromatic heterocycles. The van der Waals surface area contributed by atoms with Crippen molar-refractivity contribution >= 4 is 5.82 Å². The van der Waals surface area contributed by atoms with Crippen molar-refractivity contribution in [2.45, 2.75) is 12.8 Å². The van der Waals surface area contributed by atoms with Crippen molar-refractivity contribution in [3.05, 3.63) is 36.7 Å². The minimum absolute atomic E-state index is 0.811. The van der Waals surface area contributed by atoms with E-state index in [4.69, 9.17) is 4.74 Å². The van der Waals surface area contributed by atoms with Crippen molar-refractivity contribution in [3.63, 3.8) is 0 Å². The van der Waals surface area contributed by atoms with E-state index in [9.17, 15) is 0 Å². The number of nitrogens with zero attached hydrogens (tertiary/aromatic N) is 2. The Hall–Kier alpha value is -2.10. The van der Waals surface area contributed by atoms with E-state index in [2.05, 4.69) is 15.3 Å². The highest BCUT2D eigenvalue weighted by Gasteiger charge is 2.21. The highest BCUT2D eigenvalue weighted by Crippen LogP contribution is 2.30. The fraction of sp³-hybridized carbons (Fsp3) is 0.333. The van der Waals surface area contributed by atoms with Gasteiger partial charge in [0.15, 0.2) is 5.82 Å². The summed E-state index contributed by atoms with van der Waals surface area (Å²) in [4.78, 5) is 8.83. The summed E-state index contributed by atoms with van der Waals surface area (Å²) < 4.78 is 5.17. The van der Waals surface area contributed by atoms with Crippen molar-refractivity contribution < 1.29 is 4.74 Å². The molecule has 3 rings (SSSR count). The summed E-state index contributed by atoms with van der Waals surface area (Å²) >= 11 is 0. The third-order valence-electron chi connectivity index (χ3n) is 3.32. The molecule has 1 heterocycles. The van der Waals surface area contributed by atoms with E-state index < -0.39 is 0 Å². The van der Waals surface area contributed by atoms with Crippen LogP contribution in [0.25, 0.3) is 11.3 Å². The summed E-state index contributed by atoms with van der Waals surface area (Å²) in [6.45, 7) is 0.988. The molecule has 0 aliphatic heterocycles. The summed E-state index contributed by atoms with van der Waals surface area (Å²) in [5, 5.41) is 3.40. The Morgan fingerprint density at radius 3 is 2.58 bits per heavy atom. The molecule has 1 aromatic carbocycles. The molecule has 0 unspecified atom stereocenters. The molecular formula is C15H17N3O. The number of methoxy groups -OCH3 is 1. The van der Waals surface area contributed by atoms with Gasteiger partial charge < -0.3 is 10.1 Å². The second-order valence-electron chi connectivity index (χ2n) is 4.81. The van der Waals surface area contributed by atoms with E-state index in [-0.39, 0.29) is 0 Å². The lowest BCUT2D eigenvalue weighted by Crippen LogP contribution is -2.07. The monoisotopic (exact) mass is 255 g/mol. The fourth-order valence-corrected chi connectivity index (χ4v) is 1.99. The van der Waals surface area contributed by atoms with Gasteiger partial charge in [-0.05, 0) is 43.0 Å². The predicted octanol–water partition coefficient (Wildman–Crippen LogP) is 2.97. The summed E-state index contributed by atoms with van der Waals surface area (Å²) in [5.74, 6) is 2.52. The molecule has 98 valence electrons. The Labute approximate surface area is 112 Å². The number of hydrogen-bond donors (Lipinski definition) is 1. The molecule has 1 fully saturated rings. The molecule has 19 heavy (non-hydrogen) atoms. The summed E-state index contributed by atoms with van der Waals surface area (Å²) in [5.41, 5.74) is 1.94. The lowest BCUT2D eigenvalue weighted by atomic mass is 10.1. The van der Waals surface area contributed by atoms with E-state index in [0.29, 0.717) is 0 Å². The van der Waals surface area contributed by atoms with Crippen molar-refractivity contribution in [1.82, 2.24) is 9.97 Å². The van der Waals surface area contributed by atoms with Crippen LogP contribution in [0.5, 0.6) is 5.75 Å². The second-order valence-corrected chi connectivity index (χ2v) is 4.81. The first-order chi connectivity index (χ1) is 9.36. The molecule has 2 aromatic rings. The molecule has 0 saturated heterocycles. The third kappa shape index (κ3) is 2.84. The Balaban J connectivity index is 1.84. The average Bonchev–Trinajstić information content (AvgIpc) is 3.30. The van der Waals surface area contributed by atoms with Crippen LogP contribution in [0.15, 0.2) is 36.7 Å². The Morgan fingerprint density at radius 2 is 1.89 bits per heavy atom. The van der Waals surface area contributed by atoms with Crippen LogP contribution < -0.4 is 10.1 Å². The first kappa shape index (κ1) is 12.0. The van der Waals surface area contributed by atoms with Gasteiger partial charge in [0.05, 0.1) is 7.11 Å². The molecule has 1 aliphatic rings. The average molecular weight is 255 g/mol. The number of aromatic nitrogens is 2. The molecule has 4 nitrogen and oxygen atoms in total. The molecule has 0 radical (unpaired) electrons. The van der Waals surface area contributed by atoms with Gasteiger partial charge in [-0.25, -0.2) is 4.98 Å². The minimum atomic E-state index is 0.811. The van der Waals surface area contributed by atoms with Crippen molar-refractivity contribution in [3.8, 4) is 17.0 Å². The molecule has 0 atom stereocenters. The lowest BCUT2D eigenvalue weighted by molar-refractivity contribution is 0.415. The zero-order valence-electron chi connectivity index (χ0n) is 11.0. The van der Waals surface area contributed by atoms with Gasteiger partial charge in [0.2, 0.25) is 0 Å². The molecule has 1 N–H and O–H groups in total. The zero-order chi connectivity index (χ0) is 13.1. The SMILES string of the molecule is COc1ccc(-c2nccnc2NCC2CC2)cc1. The number of hydrogen-bond acceptors (Lipinski definition) is 4. The van der Waals surface area contributed by atoms with E-state index in [1.807, 2.05) is 24.3 Å². The number of benzene rings is 1. The van der Waals surface area contributed by atoms with Crippen LogP contribution in [0.4, 0.5) is 5.82 Å². The molecule has 4 heteroatoms. The van der Waals surface area contributed by atoms with E-state index >= 15 is 0 Å². The standard InChI is InChI=1S/C15H17N3O/c1-19-13-6-4-12(5-7-13)14-15(17-9-8-16-14)18-10-11-2-3-11/h4-9,11H,2-3,10H2,1H3,(H,17,18). The van der Waals surface area contributed by atoms with Gasteiger partial charge in [-0.1, -0.05) is 0 Å². The lowest BCUT2D eigenvalue weighted by Gasteiger charge is -2.10. The second kappa shape index (κ2) is 5.26. The molecule has 1 saturated carbocycles. The van der Waals surface area contributed by atoms with Crippen LogP contribution in [0.1, 0.15) is 12.8 Å². The molecule has 0 bridgehead atoms. The maximum absolute atomic E-state index is 5.17. The maximum atomic E-state index is 5.17. The Kier molecular flexibility index (Phi) is 3.31. The highest BCUT2D eigenvalue weighted by molar-refractivity contribution is 5.71. The predicted molar refractivity (Wildman–Crippen MR) is 75.2 cm³/mol. The van der Waals surface area contributed by atoms with Gasteiger partial charge in [-0.3, -0.25) is 4.98 Å². The van der Waals surface area contributed by atoms with E-state index in [1.165, 1.54) is 12.8 Å². The van der Waals surface area contributed by atoms with Crippen LogP contribution in [-0.4, -0.2) is 23.6 Å². The zero-order valence-corrected chi connectivity index (χ0v) is 11.0. The molecule has 1 aliphatic carbocycles. The topological polar surface area (TPSA) is 47.0 Å². The summed E-state index contributed by atoms with van der Waals surface area (Å²) in [6.07, 6.45) is 6.10. The van der Waals surface area contributed by atoms with Crippen molar-refractivity contribution in [2.75, 3.05) is 19.0 Å². The van der Waals surface area contributed by atoms with Crippen LogP contribution in [-0.2, 0) is 0 Å². The third-order valence-corrected chi connectivity index (χ3v) is 3.32. The number of rotatable bonds is 5. The van der Waals surface area contributed by atoms with Gasteiger partial charge in [0.1, 0.15) is 11.4 Å². The number of ether oxygens (including phenoxy) is 1. The van der Waals surface area contributed by atoms with Crippen LogP contribution in [0.3, 0.4) is 0 Å². The smallest absolute Gasteiger partial charge is 0.152 e. The van der Waals surface area contributed by atoms with E-state index in [1.54, 1.807) is 19.5 Å². The summed E-state index contributed by atoms with van der Waals surface area (Å²) in [6, 6.07) is 7.89. The van der Waals surface area contributed by atoms with Crippen molar-refractivity contribution in [1.29, 1.82) is 0 Å². The first-order valence-electron chi connectivity index (χ1n) is 6.56. The first-order valence-corrected chi connectivity index (χ1v) is 6.56. The van der Waals surface area contributed by atoms with Crippen molar-refractivity contribution in [2.24, 2.45) is 5.92 Å². The quantitative estimate of drug-likeness (QED) is 0.892. The minimum Gasteiger partial charge on any atom is -0.497 e. The largest absolute Gasteiger partial charge is 0.497 e. The fourth-order valence-electron chi connectivity index (χ4n) is 1.99. The van der Waals surface area contributed by atoms with Gasteiger partial charge >= 0.3 is 0 Å².